The Kier molecular flexibility index (Phi) is 4.72. The van der Waals surface area contributed by atoms with Gasteiger partial charge in [-0.1, -0.05) is 46.3 Å². The first-order valence-corrected chi connectivity index (χ1v) is 9.61. The van der Waals surface area contributed by atoms with Gasteiger partial charge in [0.2, 0.25) is 5.91 Å². The normalized spacial score (nSPS) is 17.9. The summed E-state index contributed by atoms with van der Waals surface area (Å²) < 4.78 is 2.08. The lowest BCUT2D eigenvalue weighted by atomic mass is 10.0. The first-order valence-electron chi connectivity index (χ1n) is 8.82. The number of nitrogens with one attached hydrogen (secondary N) is 1. The van der Waals surface area contributed by atoms with Crippen molar-refractivity contribution in [2.45, 2.75) is 26.3 Å². The van der Waals surface area contributed by atoms with Crippen LogP contribution >= 0.6 is 15.9 Å². The van der Waals surface area contributed by atoms with Crippen LogP contribution in [0.1, 0.15) is 30.8 Å². The second kappa shape index (κ2) is 7.20. The van der Waals surface area contributed by atoms with Crippen molar-refractivity contribution in [3.8, 4) is 0 Å². The second-order valence-corrected chi connectivity index (χ2v) is 7.53. The summed E-state index contributed by atoms with van der Waals surface area (Å²) >= 11 is 3.39. The zero-order chi connectivity index (χ0) is 19.8. The highest BCUT2D eigenvalue weighted by atomic mass is 79.9. The molecule has 1 aliphatic rings. The summed E-state index contributed by atoms with van der Waals surface area (Å²) in [6.07, 6.45) is 0.478. The third-order valence-corrected chi connectivity index (χ3v) is 5.16. The molecule has 3 aromatic rings. The first-order chi connectivity index (χ1) is 13.4. The highest BCUT2D eigenvalue weighted by molar-refractivity contribution is 9.10. The molecule has 2 heterocycles. The van der Waals surface area contributed by atoms with Gasteiger partial charge in [-0.05, 0) is 30.7 Å². The second-order valence-electron chi connectivity index (χ2n) is 6.62. The lowest BCUT2D eigenvalue weighted by Gasteiger charge is -2.22. The van der Waals surface area contributed by atoms with Gasteiger partial charge in [0, 0.05) is 17.8 Å². The highest BCUT2D eigenvalue weighted by Gasteiger charge is 2.32. The molecular formula is C20H18BrN5O2. The number of fused-ring (bicyclic) bond motifs is 1. The minimum absolute atomic E-state index is 0.122. The fourth-order valence-corrected chi connectivity index (χ4v) is 3.70. The third kappa shape index (κ3) is 3.31. The number of amides is 1. The van der Waals surface area contributed by atoms with Crippen LogP contribution in [0.15, 0.2) is 62.9 Å². The smallest absolute Gasteiger partial charge is 0.281 e. The van der Waals surface area contributed by atoms with Gasteiger partial charge in [0.1, 0.15) is 11.7 Å². The van der Waals surface area contributed by atoms with Crippen LogP contribution in [-0.4, -0.2) is 26.4 Å². The van der Waals surface area contributed by atoms with Crippen molar-refractivity contribution < 1.29 is 4.79 Å². The lowest BCUT2D eigenvalue weighted by molar-refractivity contribution is -0.132. The first kappa shape index (κ1) is 18.4. The quantitative estimate of drug-likeness (QED) is 0.664. The average molecular weight is 440 g/mol. The van der Waals surface area contributed by atoms with Gasteiger partial charge in [-0.25, -0.2) is 9.99 Å². The van der Waals surface area contributed by atoms with Crippen LogP contribution in [0.4, 0.5) is 0 Å². The molecule has 28 heavy (non-hydrogen) atoms. The summed E-state index contributed by atoms with van der Waals surface area (Å²) in [7, 11) is 0. The number of halogens is 1. The fourth-order valence-electron chi connectivity index (χ4n) is 3.34. The van der Waals surface area contributed by atoms with Crippen LogP contribution in [-0.2, 0) is 4.79 Å². The largest absolute Gasteiger partial charge is 0.282 e. The molecule has 4 rings (SSSR count). The van der Waals surface area contributed by atoms with E-state index in [-0.39, 0.29) is 17.5 Å². The Bertz CT molecular complexity index is 1160. The number of hydrogen-bond donors (Lipinski definition) is 1. The van der Waals surface area contributed by atoms with Crippen molar-refractivity contribution in [3.05, 3.63) is 74.7 Å². The van der Waals surface area contributed by atoms with Crippen LogP contribution in [0.3, 0.4) is 0 Å². The van der Waals surface area contributed by atoms with E-state index in [0.29, 0.717) is 29.0 Å². The molecule has 142 valence electrons. The van der Waals surface area contributed by atoms with E-state index in [4.69, 9.17) is 0 Å². The van der Waals surface area contributed by atoms with Crippen LogP contribution < -0.4 is 11.0 Å². The summed E-state index contributed by atoms with van der Waals surface area (Å²) in [6, 6.07) is 14.9. The minimum atomic E-state index is -0.254. The van der Waals surface area contributed by atoms with Gasteiger partial charge in [0.25, 0.3) is 5.56 Å². The monoisotopic (exact) mass is 439 g/mol. The number of carbonyl (C=O) groups is 1. The summed E-state index contributed by atoms with van der Waals surface area (Å²) in [5, 5.41) is 6.50. The predicted octanol–water partition coefficient (Wildman–Crippen LogP) is 3.13. The minimum Gasteiger partial charge on any atom is -0.281 e. The van der Waals surface area contributed by atoms with Crippen LogP contribution in [0, 0.1) is 6.92 Å². The SMILES string of the molecule is CC(=O)N1N/C(=N\n2c(C)nc3ccc(Br)cc3c2=O)CC1c1ccccc1. The maximum atomic E-state index is 12.9. The Morgan fingerprint density at radius 1 is 1.25 bits per heavy atom. The van der Waals surface area contributed by atoms with Crippen LogP contribution in [0.5, 0.6) is 0 Å². The Hall–Kier alpha value is -3.00. The van der Waals surface area contributed by atoms with E-state index < -0.39 is 0 Å². The number of carbonyl (C=O) groups excluding carboxylic acids is 1. The Labute approximate surface area is 169 Å². The van der Waals surface area contributed by atoms with Crippen LogP contribution in [0.25, 0.3) is 10.9 Å². The van der Waals surface area contributed by atoms with Crippen molar-refractivity contribution >= 4 is 38.6 Å². The number of amidine groups is 1. The zero-order valence-corrected chi connectivity index (χ0v) is 17.0. The van der Waals surface area contributed by atoms with Gasteiger partial charge in [0.15, 0.2) is 0 Å². The van der Waals surface area contributed by atoms with Crippen molar-refractivity contribution in [3.63, 3.8) is 0 Å². The molecule has 8 heteroatoms. The number of aromatic nitrogens is 2. The summed E-state index contributed by atoms with van der Waals surface area (Å²) in [5.41, 5.74) is 4.40. The summed E-state index contributed by atoms with van der Waals surface area (Å²) in [4.78, 5) is 29.5. The number of rotatable bonds is 2. The molecule has 1 aromatic heterocycles. The van der Waals surface area contributed by atoms with E-state index in [1.54, 1.807) is 24.1 Å². The Morgan fingerprint density at radius 2 is 2.00 bits per heavy atom. The topological polar surface area (TPSA) is 79.6 Å². The molecule has 2 aromatic carbocycles. The van der Waals surface area contributed by atoms with Gasteiger partial charge in [-0.15, -0.1) is 5.10 Å². The fraction of sp³-hybridized carbons (Fsp3) is 0.200. The molecule has 1 amide bonds. The zero-order valence-electron chi connectivity index (χ0n) is 15.4. The summed E-state index contributed by atoms with van der Waals surface area (Å²) in [6.45, 7) is 3.23. The number of hydrogen-bond acceptors (Lipinski definition) is 4. The molecule has 0 radical (unpaired) electrons. The molecule has 1 saturated heterocycles. The molecular weight excluding hydrogens is 422 g/mol. The molecule has 0 saturated carbocycles. The van der Waals surface area contributed by atoms with E-state index in [0.717, 1.165) is 10.0 Å². The number of benzene rings is 2. The Balaban J connectivity index is 1.77. The summed E-state index contributed by atoms with van der Waals surface area (Å²) in [5.74, 6) is 0.890. The van der Waals surface area contributed by atoms with Gasteiger partial charge in [-0.3, -0.25) is 15.0 Å². The molecule has 0 aliphatic carbocycles. The molecule has 1 N–H and O–H groups in total. The van der Waals surface area contributed by atoms with E-state index in [2.05, 4.69) is 31.4 Å². The van der Waals surface area contributed by atoms with E-state index in [1.807, 2.05) is 36.4 Å². The van der Waals surface area contributed by atoms with Gasteiger partial charge in [-0.2, -0.15) is 4.68 Å². The van der Waals surface area contributed by atoms with E-state index in [1.165, 1.54) is 11.6 Å². The van der Waals surface area contributed by atoms with Crippen molar-refractivity contribution in [2.75, 3.05) is 0 Å². The standard InChI is InChI=1S/C20H18BrN5O2/c1-12-22-17-9-8-15(21)10-16(17)20(28)25(12)23-19-11-18(26(24-19)13(2)27)14-6-4-3-5-7-14/h3-10,18H,11H2,1-2H3,(H,23,24). The molecule has 0 bridgehead atoms. The number of nitrogens with zero attached hydrogens (tertiary/aromatic N) is 4. The molecule has 1 atom stereocenters. The highest BCUT2D eigenvalue weighted by Crippen LogP contribution is 2.28. The van der Waals surface area contributed by atoms with Gasteiger partial charge >= 0.3 is 0 Å². The van der Waals surface area contributed by atoms with Crippen molar-refractivity contribution in [2.24, 2.45) is 5.10 Å². The Morgan fingerprint density at radius 3 is 2.71 bits per heavy atom. The third-order valence-electron chi connectivity index (χ3n) is 4.66. The van der Waals surface area contributed by atoms with Gasteiger partial charge in [0.05, 0.1) is 16.9 Å². The van der Waals surface area contributed by atoms with Gasteiger partial charge < -0.3 is 0 Å². The molecule has 7 nitrogen and oxygen atoms in total. The lowest BCUT2D eigenvalue weighted by Crippen LogP contribution is -2.39. The maximum absolute atomic E-state index is 12.9. The predicted molar refractivity (Wildman–Crippen MR) is 111 cm³/mol. The van der Waals surface area contributed by atoms with Crippen LogP contribution in [0.2, 0.25) is 0 Å². The molecule has 1 unspecified atom stereocenters. The van der Waals surface area contributed by atoms with Crippen molar-refractivity contribution in [1.82, 2.24) is 20.1 Å². The molecule has 0 spiro atoms. The number of hydrazine groups is 1. The molecule has 1 aliphatic heterocycles. The van der Waals surface area contributed by atoms with Crippen molar-refractivity contribution in [1.29, 1.82) is 0 Å². The average Bonchev–Trinajstić information content (AvgIpc) is 3.11. The van der Waals surface area contributed by atoms with E-state index >= 15 is 0 Å². The van der Waals surface area contributed by atoms with E-state index in [9.17, 15) is 9.59 Å². The number of aryl methyl sites for hydroxylation is 1. The maximum Gasteiger partial charge on any atom is 0.282 e. The molecule has 1 fully saturated rings.